The third kappa shape index (κ3) is 3.66. The molecule has 0 radical (unpaired) electrons. The molecule has 0 aliphatic heterocycles. The molecule has 0 spiro atoms. The molecule has 1 aliphatic carbocycles. The van der Waals surface area contributed by atoms with Gasteiger partial charge in [-0.25, -0.2) is 9.37 Å². The second-order valence-electron chi connectivity index (χ2n) is 7.22. The first kappa shape index (κ1) is 19.4. The van der Waals surface area contributed by atoms with E-state index in [0.717, 1.165) is 41.6 Å². The van der Waals surface area contributed by atoms with E-state index < -0.39 is 5.82 Å². The number of fused-ring (bicyclic) bond motifs is 1. The maximum absolute atomic E-state index is 13.9. The standard InChI is InChI=1S/C23H18FN5O/c1-13-8-15(11-25)9-14(2)21(13)30-22-18-4-3-5-20(18)28-23(29-22)27-17-7-6-16(12-26)19(24)10-17/h6-10H,3-5H2,1-2H3,(H,27,28,29). The van der Waals surface area contributed by atoms with E-state index in [-0.39, 0.29) is 5.56 Å². The van der Waals surface area contributed by atoms with Gasteiger partial charge in [0.05, 0.1) is 22.9 Å². The van der Waals surface area contributed by atoms with Crippen molar-refractivity contribution in [2.45, 2.75) is 33.1 Å². The van der Waals surface area contributed by atoms with Crippen LogP contribution >= 0.6 is 0 Å². The third-order valence-electron chi connectivity index (χ3n) is 5.03. The van der Waals surface area contributed by atoms with Crippen LogP contribution in [0.2, 0.25) is 0 Å². The number of benzene rings is 2. The van der Waals surface area contributed by atoms with Gasteiger partial charge < -0.3 is 10.1 Å². The molecular weight excluding hydrogens is 381 g/mol. The normalized spacial score (nSPS) is 12.0. The Morgan fingerprint density at radius 3 is 2.47 bits per heavy atom. The van der Waals surface area contributed by atoms with Crippen LogP contribution in [0.3, 0.4) is 0 Å². The molecule has 0 amide bonds. The summed E-state index contributed by atoms with van der Waals surface area (Å²) >= 11 is 0. The first-order valence-electron chi connectivity index (χ1n) is 9.54. The predicted octanol–water partition coefficient (Wildman–Crippen LogP) is 5.00. The Balaban J connectivity index is 1.70. The lowest BCUT2D eigenvalue weighted by Crippen LogP contribution is -2.05. The molecule has 0 saturated heterocycles. The van der Waals surface area contributed by atoms with Gasteiger partial charge in [0.1, 0.15) is 17.6 Å². The van der Waals surface area contributed by atoms with Gasteiger partial charge in [-0.05, 0) is 74.6 Å². The van der Waals surface area contributed by atoms with E-state index >= 15 is 0 Å². The number of rotatable bonds is 4. The number of aromatic nitrogens is 2. The Hall–Kier alpha value is -3.97. The van der Waals surface area contributed by atoms with Crippen LogP contribution in [0.25, 0.3) is 0 Å². The molecule has 30 heavy (non-hydrogen) atoms. The lowest BCUT2D eigenvalue weighted by Gasteiger charge is -2.15. The second-order valence-corrected chi connectivity index (χ2v) is 7.22. The first-order chi connectivity index (χ1) is 14.5. The van der Waals surface area contributed by atoms with Gasteiger partial charge in [-0.1, -0.05) is 0 Å². The monoisotopic (exact) mass is 399 g/mol. The molecule has 1 aliphatic rings. The molecule has 6 nitrogen and oxygen atoms in total. The van der Waals surface area contributed by atoms with Gasteiger partial charge in [0, 0.05) is 11.3 Å². The number of nitrogens with zero attached hydrogens (tertiary/aromatic N) is 4. The fraction of sp³-hybridized carbons (Fsp3) is 0.217. The fourth-order valence-corrected chi connectivity index (χ4v) is 3.62. The summed E-state index contributed by atoms with van der Waals surface area (Å²) < 4.78 is 20.1. The molecule has 3 aromatic rings. The maximum Gasteiger partial charge on any atom is 0.230 e. The molecule has 1 heterocycles. The van der Waals surface area contributed by atoms with Gasteiger partial charge in [0.2, 0.25) is 11.8 Å². The smallest absolute Gasteiger partial charge is 0.230 e. The summed E-state index contributed by atoms with van der Waals surface area (Å²) in [7, 11) is 0. The lowest BCUT2D eigenvalue weighted by molar-refractivity contribution is 0.449. The van der Waals surface area contributed by atoms with Crippen molar-refractivity contribution >= 4 is 11.6 Å². The molecule has 0 atom stereocenters. The minimum Gasteiger partial charge on any atom is -0.438 e. The van der Waals surface area contributed by atoms with E-state index in [1.54, 1.807) is 24.3 Å². The van der Waals surface area contributed by atoms with Gasteiger partial charge in [-0.15, -0.1) is 0 Å². The topological polar surface area (TPSA) is 94.6 Å². The van der Waals surface area contributed by atoms with E-state index in [4.69, 9.17) is 15.3 Å². The van der Waals surface area contributed by atoms with Crippen molar-refractivity contribution in [1.29, 1.82) is 10.5 Å². The number of aryl methyl sites for hydroxylation is 3. The SMILES string of the molecule is Cc1cc(C#N)cc(C)c1Oc1nc(Nc2ccc(C#N)c(F)c2)nc2c1CCC2. The summed E-state index contributed by atoms with van der Waals surface area (Å²) in [6.45, 7) is 3.78. The number of nitriles is 2. The molecular formula is C23H18FN5O. The van der Waals surface area contributed by atoms with Gasteiger partial charge in [-0.3, -0.25) is 0 Å². The summed E-state index contributed by atoms with van der Waals surface area (Å²) in [5.41, 5.74) is 4.57. The predicted molar refractivity (Wildman–Crippen MR) is 109 cm³/mol. The van der Waals surface area contributed by atoms with Crippen molar-refractivity contribution in [3.8, 4) is 23.8 Å². The van der Waals surface area contributed by atoms with Crippen LogP contribution < -0.4 is 10.1 Å². The average Bonchev–Trinajstić information content (AvgIpc) is 3.19. The molecule has 2 aromatic carbocycles. The van der Waals surface area contributed by atoms with Crippen molar-refractivity contribution < 1.29 is 9.13 Å². The zero-order valence-electron chi connectivity index (χ0n) is 16.6. The summed E-state index contributed by atoms with van der Waals surface area (Å²) in [6, 6.07) is 11.8. The second kappa shape index (κ2) is 7.81. The van der Waals surface area contributed by atoms with E-state index in [2.05, 4.69) is 21.4 Å². The van der Waals surface area contributed by atoms with Crippen molar-refractivity contribution in [2.75, 3.05) is 5.32 Å². The van der Waals surface area contributed by atoms with Crippen LogP contribution in [0.5, 0.6) is 11.6 Å². The number of hydrogen-bond acceptors (Lipinski definition) is 6. The highest BCUT2D eigenvalue weighted by molar-refractivity contribution is 5.57. The van der Waals surface area contributed by atoms with Crippen LogP contribution in [0.1, 0.15) is 39.9 Å². The summed E-state index contributed by atoms with van der Waals surface area (Å²) in [5.74, 6) is 0.824. The largest absolute Gasteiger partial charge is 0.438 e. The van der Waals surface area contributed by atoms with Gasteiger partial charge in [-0.2, -0.15) is 15.5 Å². The highest BCUT2D eigenvalue weighted by Gasteiger charge is 2.22. The number of ether oxygens (including phenoxy) is 1. The van der Waals surface area contributed by atoms with Gasteiger partial charge in [0.25, 0.3) is 0 Å². The molecule has 148 valence electrons. The molecule has 4 rings (SSSR count). The third-order valence-corrected chi connectivity index (χ3v) is 5.03. The van der Waals surface area contributed by atoms with Crippen LogP contribution in [-0.2, 0) is 12.8 Å². The van der Waals surface area contributed by atoms with Crippen molar-refractivity contribution in [3.63, 3.8) is 0 Å². The average molecular weight is 399 g/mol. The molecule has 0 fully saturated rings. The van der Waals surface area contributed by atoms with Gasteiger partial charge >= 0.3 is 0 Å². The minimum absolute atomic E-state index is 0.0220. The Kier molecular flexibility index (Phi) is 5.04. The molecule has 1 aromatic heterocycles. The molecule has 0 saturated carbocycles. The van der Waals surface area contributed by atoms with E-state index in [1.807, 2.05) is 13.8 Å². The zero-order valence-corrected chi connectivity index (χ0v) is 16.6. The molecule has 7 heteroatoms. The molecule has 0 unspecified atom stereocenters. The highest BCUT2D eigenvalue weighted by atomic mass is 19.1. The molecule has 0 bridgehead atoms. The number of anilines is 2. The highest BCUT2D eigenvalue weighted by Crippen LogP contribution is 2.35. The van der Waals surface area contributed by atoms with Crippen molar-refractivity contribution in [1.82, 2.24) is 9.97 Å². The van der Waals surface area contributed by atoms with E-state index in [0.29, 0.717) is 28.8 Å². The summed E-state index contributed by atoms with van der Waals surface area (Å²) in [4.78, 5) is 9.10. The van der Waals surface area contributed by atoms with Crippen molar-refractivity contribution in [3.05, 3.63) is 69.7 Å². The fourth-order valence-electron chi connectivity index (χ4n) is 3.62. The maximum atomic E-state index is 13.9. The van der Waals surface area contributed by atoms with Gasteiger partial charge in [0.15, 0.2) is 0 Å². The van der Waals surface area contributed by atoms with E-state index in [9.17, 15) is 4.39 Å². The Labute approximate surface area is 173 Å². The Bertz CT molecular complexity index is 1220. The van der Waals surface area contributed by atoms with Crippen LogP contribution in [0.4, 0.5) is 16.0 Å². The molecule has 1 N–H and O–H groups in total. The van der Waals surface area contributed by atoms with Crippen LogP contribution in [0.15, 0.2) is 30.3 Å². The number of halogens is 1. The van der Waals surface area contributed by atoms with Crippen LogP contribution in [-0.4, -0.2) is 9.97 Å². The number of nitrogens with one attached hydrogen (secondary N) is 1. The summed E-state index contributed by atoms with van der Waals surface area (Å²) in [5, 5.41) is 21.1. The minimum atomic E-state index is -0.607. The lowest BCUT2D eigenvalue weighted by atomic mass is 10.1. The van der Waals surface area contributed by atoms with Crippen molar-refractivity contribution in [2.24, 2.45) is 0 Å². The Morgan fingerprint density at radius 1 is 1.03 bits per heavy atom. The zero-order chi connectivity index (χ0) is 21.3. The summed E-state index contributed by atoms with van der Waals surface area (Å²) in [6.07, 6.45) is 2.60. The first-order valence-corrected chi connectivity index (χ1v) is 9.54. The quantitative estimate of drug-likeness (QED) is 0.663. The van der Waals surface area contributed by atoms with E-state index in [1.165, 1.54) is 12.1 Å². The van der Waals surface area contributed by atoms with Crippen LogP contribution in [0, 0.1) is 42.3 Å². The number of hydrogen-bond donors (Lipinski definition) is 1. The Morgan fingerprint density at radius 2 is 1.80 bits per heavy atom.